The van der Waals surface area contributed by atoms with Gasteiger partial charge in [0.05, 0.1) is 6.61 Å². The standard InChI is InChI=1S/C9H7.C7H9O2.C3H6.2ClH.Zr/c1-2-5-9-7-3-6-8(9)4-1;8-5-6-9-7-3-1-2-4-7;1-3-2;;;/h1-7H;1,3,8H,2,5-6H2;1-2H3;2*1H;/q2*-1;;;;+2/p-2. The summed E-state index contributed by atoms with van der Waals surface area (Å²) in [6, 6.07) is 14.7. The van der Waals surface area contributed by atoms with E-state index in [1.165, 1.54) is 14.0 Å². The molecule has 0 radical (unpaired) electrons. The Hall–Kier alpha value is -0.597. The Bertz CT molecular complexity index is 599. The summed E-state index contributed by atoms with van der Waals surface area (Å²) in [5, 5.41) is 11.0. The Labute approximate surface area is 172 Å². The molecule has 0 aliphatic heterocycles. The third-order valence-corrected chi connectivity index (χ3v) is 2.56. The van der Waals surface area contributed by atoms with Crippen LogP contribution in [0.15, 0.2) is 60.4 Å². The number of allylic oxidation sites excluding steroid dienone is 3. The molecule has 1 N–H and O–H groups in total. The summed E-state index contributed by atoms with van der Waals surface area (Å²) < 4.78 is 6.53. The van der Waals surface area contributed by atoms with Gasteiger partial charge < -0.3 is 34.7 Å². The van der Waals surface area contributed by atoms with Gasteiger partial charge in [0.2, 0.25) is 0 Å². The summed E-state index contributed by atoms with van der Waals surface area (Å²) in [7, 11) is 0. The molecule has 0 aromatic heterocycles. The molecule has 0 spiro atoms. The minimum Gasteiger partial charge on any atom is -1.00 e. The number of benzene rings is 1. The number of aliphatic hydroxyl groups excluding tert-OH is 1. The van der Waals surface area contributed by atoms with E-state index >= 15 is 0 Å². The van der Waals surface area contributed by atoms with Crippen LogP contribution in [0.4, 0.5) is 0 Å². The van der Waals surface area contributed by atoms with Crippen LogP contribution in [0.1, 0.15) is 20.3 Å². The van der Waals surface area contributed by atoms with Crippen molar-refractivity contribution < 1.29 is 58.9 Å². The molecule has 0 atom stereocenters. The van der Waals surface area contributed by atoms with Crippen molar-refractivity contribution >= 4 is 14.0 Å². The minimum atomic E-state index is 0. The third-order valence-electron chi connectivity index (χ3n) is 2.56. The normalized spacial score (nSPS) is 11.0. The van der Waals surface area contributed by atoms with E-state index in [1.54, 1.807) is 24.2 Å². The molecular weight excluding hydrogens is 422 g/mol. The maximum Gasteiger partial charge on any atom is 0.107 e. The molecule has 24 heavy (non-hydrogen) atoms. The molecule has 0 fully saturated rings. The van der Waals surface area contributed by atoms with Gasteiger partial charge in [-0.15, -0.1) is 36.1 Å². The maximum atomic E-state index is 8.34. The van der Waals surface area contributed by atoms with E-state index in [0.29, 0.717) is 6.61 Å². The summed E-state index contributed by atoms with van der Waals surface area (Å²) in [5.74, 6) is 0.754. The molecule has 5 heteroatoms. The summed E-state index contributed by atoms with van der Waals surface area (Å²) in [6.07, 6.45) is 7.62. The second-order valence-corrected chi connectivity index (χ2v) is 7.33. The predicted molar refractivity (Wildman–Crippen MR) is 89.4 cm³/mol. The van der Waals surface area contributed by atoms with Gasteiger partial charge in [0.1, 0.15) is 6.61 Å². The SMILES string of the molecule is C[C](C)=[Zr+2].OCCOC1=[C-]CC=C1.[Cl-].[Cl-].c1ccc2[cH-]ccc2c1. The van der Waals surface area contributed by atoms with Gasteiger partial charge in [-0.05, 0) is 0 Å². The van der Waals surface area contributed by atoms with Gasteiger partial charge >= 0.3 is 41.3 Å². The average molecular weight is 445 g/mol. The number of hydrogen-bond acceptors (Lipinski definition) is 2. The third kappa shape index (κ3) is 11.9. The van der Waals surface area contributed by atoms with Gasteiger partial charge in [0, 0.05) is 0 Å². The summed E-state index contributed by atoms with van der Waals surface area (Å²) in [4.78, 5) is 0. The Morgan fingerprint density at radius 3 is 2.46 bits per heavy atom. The van der Waals surface area contributed by atoms with E-state index in [1.807, 2.05) is 12.2 Å². The molecule has 0 unspecified atom stereocenters. The van der Waals surface area contributed by atoms with Crippen LogP contribution in [0.3, 0.4) is 0 Å². The first-order valence-corrected chi connectivity index (χ1v) is 8.49. The fraction of sp³-hybridized carbons (Fsp3) is 0.263. The van der Waals surface area contributed by atoms with E-state index in [4.69, 9.17) is 9.84 Å². The zero-order valence-electron chi connectivity index (χ0n) is 13.9. The molecule has 1 aliphatic carbocycles. The summed E-state index contributed by atoms with van der Waals surface area (Å²) in [6.45, 7) is 4.68. The van der Waals surface area contributed by atoms with E-state index in [-0.39, 0.29) is 31.4 Å². The second-order valence-electron chi connectivity index (χ2n) is 4.87. The van der Waals surface area contributed by atoms with Crippen LogP contribution in [0.25, 0.3) is 10.8 Å². The van der Waals surface area contributed by atoms with Gasteiger partial charge in [-0.3, -0.25) is 0 Å². The predicted octanol–water partition coefficient (Wildman–Crippen LogP) is -2.05. The van der Waals surface area contributed by atoms with E-state index in [9.17, 15) is 0 Å². The van der Waals surface area contributed by atoms with Gasteiger partial charge in [-0.1, -0.05) is 11.8 Å². The fourth-order valence-electron chi connectivity index (χ4n) is 1.71. The average Bonchev–Trinajstić information content (AvgIpc) is 3.16. The van der Waals surface area contributed by atoms with Crippen LogP contribution < -0.4 is 24.8 Å². The topological polar surface area (TPSA) is 29.5 Å². The van der Waals surface area contributed by atoms with Crippen LogP contribution in [-0.2, 0) is 29.0 Å². The Balaban J connectivity index is 0. The number of aliphatic hydroxyl groups is 1. The van der Waals surface area contributed by atoms with E-state index < -0.39 is 0 Å². The van der Waals surface area contributed by atoms with Gasteiger partial charge in [-0.25, -0.2) is 6.08 Å². The Morgan fingerprint density at radius 2 is 1.92 bits per heavy atom. The van der Waals surface area contributed by atoms with Gasteiger partial charge in [-0.2, -0.15) is 29.7 Å². The zero-order chi connectivity index (χ0) is 16.2. The van der Waals surface area contributed by atoms with Gasteiger partial charge in [0.25, 0.3) is 0 Å². The second kappa shape index (κ2) is 15.9. The van der Waals surface area contributed by atoms with Crippen molar-refractivity contribution in [1.29, 1.82) is 0 Å². The molecule has 2 aromatic rings. The van der Waals surface area contributed by atoms with Crippen LogP contribution in [0.2, 0.25) is 0 Å². The molecule has 2 nitrogen and oxygen atoms in total. The first-order chi connectivity index (χ1) is 10.6. The Kier molecular flexibility index (Phi) is 17.0. The molecule has 3 rings (SSSR count). The van der Waals surface area contributed by atoms with Crippen LogP contribution in [-0.4, -0.2) is 21.5 Å². The largest absolute Gasteiger partial charge is 1.00 e. The fourth-order valence-corrected chi connectivity index (χ4v) is 1.71. The number of rotatable bonds is 3. The van der Waals surface area contributed by atoms with Crippen molar-refractivity contribution in [2.45, 2.75) is 20.3 Å². The molecular formula is C19H22Cl2O2Zr-2. The van der Waals surface area contributed by atoms with E-state index in [2.05, 4.69) is 62.4 Å². The van der Waals surface area contributed by atoms with Crippen molar-refractivity contribution in [2.75, 3.05) is 13.2 Å². The molecule has 0 saturated carbocycles. The van der Waals surface area contributed by atoms with Crippen molar-refractivity contribution in [1.82, 2.24) is 0 Å². The van der Waals surface area contributed by atoms with Crippen LogP contribution >= 0.6 is 0 Å². The summed E-state index contributed by atoms with van der Waals surface area (Å²) >= 11 is 1.55. The number of halogens is 2. The van der Waals surface area contributed by atoms with Crippen molar-refractivity contribution in [3.05, 3.63) is 66.5 Å². The molecule has 1 aliphatic rings. The first kappa shape index (κ1) is 25.6. The van der Waals surface area contributed by atoms with Crippen molar-refractivity contribution in [3.8, 4) is 0 Å². The van der Waals surface area contributed by atoms with Gasteiger partial charge in [0.15, 0.2) is 0 Å². The molecule has 2 aromatic carbocycles. The maximum absolute atomic E-state index is 8.34. The van der Waals surface area contributed by atoms with Crippen molar-refractivity contribution in [3.63, 3.8) is 0 Å². The monoisotopic (exact) mass is 442 g/mol. The molecule has 0 heterocycles. The molecule has 0 amide bonds. The molecule has 0 bridgehead atoms. The minimum absolute atomic E-state index is 0. The quantitative estimate of drug-likeness (QED) is 0.553. The van der Waals surface area contributed by atoms with Crippen LogP contribution in [0, 0.1) is 6.08 Å². The molecule has 130 valence electrons. The smallest absolute Gasteiger partial charge is 0.107 e. The Morgan fingerprint density at radius 1 is 1.25 bits per heavy atom. The number of fused-ring (bicyclic) bond motifs is 1. The molecule has 0 saturated heterocycles. The number of ether oxygens (including phenoxy) is 1. The zero-order valence-corrected chi connectivity index (χ0v) is 17.9. The van der Waals surface area contributed by atoms with Crippen molar-refractivity contribution in [2.24, 2.45) is 0 Å². The van der Waals surface area contributed by atoms with Crippen LogP contribution in [0.5, 0.6) is 0 Å². The number of hydrogen-bond donors (Lipinski definition) is 1. The summed E-state index contributed by atoms with van der Waals surface area (Å²) in [5.41, 5.74) is 0. The van der Waals surface area contributed by atoms with E-state index in [0.717, 1.165) is 12.2 Å². The first-order valence-electron chi connectivity index (χ1n) is 7.26.